The molecule has 0 N–H and O–H groups in total. The van der Waals surface area contributed by atoms with Crippen LogP contribution < -0.4 is 0 Å². The average Bonchev–Trinajstić information content (AvgIpc) is 2.16. The van der Waals surface area contributed by atoms with Crippen LogP contribution in [0, 0.1) is 5.92 Å². The minimum atomic E-state index is 0.935. The molecular weight excluding hydrogens is 180 g/mol. The van der Waals surface area contributed by atoms with Gasteiger partial charge in [0, 0.05) is 0 Å². The Kier molecular flexibility index (Phi) is 19.1. The molecule has 0 bridgehead atoms. The number of hydrogen-bond donors (Lipinski definition) is 0. The van der Waals surface area contributed by atoms with Gasteiger partial charge in [-0.1, -0.05) is 92.4 Å². The minimum absolute atomic E-state index is 0.935. The maximum Gasteiger partial charge on any atom is -0.0448 e. The molecular formula is C15H34. The van der Waals surface area contributed by atoms with Crippen molar-refractivity contribution in [1.82, 2.24) is 0 Å². The first-order valence-corrected chi connectivity index (χ1v) is 7.22. The van der Waals surface area contributed by atoms with Crippen molar-refractivity contribution in [1.29, 1.82) is 0 Å². The van der Waals surface area contributed by atoms with E-state index in [0.717, 1.165) is 5.92 Å². The highest BCUT2D eigenvalue weighted by Gasteiger charge is 1.95. The third kappa shape index (κ3) is 20.2. The van der Waals surface area contributed by atoms with E-state index in [-0.39, 0.29) is 0 Å². The standard InChI is InChI=1S/C6H14.C5H12.C4H8/c1-4-6(3)5-2;1-3-5-4-2;1-2-4-3-1/h6H,4-5H2,1-3H3;3-5H2,1-2H3;1-4H2. The Morgan fingerprint density at radius 3 is 1.07 bits per heavy atom. The molecule has 94 valence electrons. The van der Waals surface area contributed by atoms with Crippen LogP contribution in [0.3, 0.4) is 0 Å². The summed E-state index contributed by atoms with van der Waals surface area (Å²) in [7, 11) is 0. The molecule has 1 rings (SSSR count). The Morgan fingerprint density at radius 1 is 0.733 bits per heavy atom. The summed E-state index contributed by atoms with van der Waals surface area (Å²) in [6.45, 7) is 11.2. The van der Waals surface area contributed by atoms with Crippen molar-refractivity contribution in [2.75, 3.05) is 0 Å². The lowest BCUT2D eigenvalue weighted by atomic mass is 10.0. The molecule has 0 radical (unpaired) electrons. The van der Waals surface area contributed by atoms with Crippen molar-refractivity contribution < 1.29 is 0 Å². The van der Waals surface area contributed by atoms with Crippen LogP contribution in [0.2, 0.25) is 0 Å². The molecule has 0 heterocycles. The van der Waals surface area contributed by atoms with E-state index in [9.17, 15) is 0 Å². The Bertz CT molecular complexity index is 72.0. The molecule has 0 aromatic rings. The van der Waals surface area contributed by atoms with Crippen LogP contribution in [-0.4, -0.2) is 0 Å². The first kappa shape index (κ1) is 17.4. The van der Waals surface area contributed by atoms with Gasteiger partial charge < -0.3 is 0 Å². The quantitative estimate of drug-likeness (QED) is 0.522. The van der Waals surface area contributed by atoms with Gasteiger partial charge in [-0.05, 0) is 5.92 Å². The average molecular weight is 214 g/mol. The Labute approximate surface area is 98.9 Å². The maximum atomic E-state index is 2.28. The summed E-state index contributed by atoms with van der Waals surface area (Å²) in [5, 5.41) is 0. The molecule has 1 aliphatic rings. The van der Waals surface area contributed by atoms with E-state index in [2.05, 4.69) is 34.6 Å². The van der Waals surface area contributed by atoms with Gasteiger partial charge in [-0.15, -0.1) is 0 Å². The normalized spacial score (nSPS) is 13.2. The third-order valence-corrected chi connectivity index (χ3v) is 3.10. The largest absolute Gasteiger partial charge is 0.0654 e. The molecule has 0 amide bonds. The van der Waals surface area contributed by atoms with Gasteiger partial charge in [-0.3, -0.25) is 0 Å². The summed E-state index contributed by atoms with van der Waals surface area (Å²) in [5.41, 5.74) is 0. The molecule has 0 aliphatic heterocycles. The predicted molar refractivity (Wildman–Crippen MR) is 73.4 cm³/mol. The zero-order chi connectivity index (χ0) is 11.9. The highest BCUT2D eigenvalue weighted by molar-refractivity contribution is 4.50. The Hall–Kier alpha value is 0. The van der Waals surface area contributed by atoms with Crippen molar-refractivity contribution in [2.24, 2.45) is 5.92 Å². The van der Waals surface area contributed by atoms with E-state index < -0.39 is 0 Å². The van der Waals surface area contributed by atoms with Crippen molar-refractivity contribution in [3.8, 4) is 0 Å². The van der Waals surface area contributed by atoms with Crippen molar-refractivity contribution >= 4 is 0 Å². The fourth-order valence-corrected chi connectivity index (χ4v) is 0.892. The highest BCUT2D eigenvalue weighted by atomic mass is 14.0. The van der Waals surface area contributed by atoms with Gasteiger partial charge in [-0.2, -0.15) is 0 Å². The van der Waals surface area contributed by atoms with Gasteiger partial charge in [0.1, 0.15) is 0 Å². The van der Waals surface area contributed by atoms with Crippen LogP contribution in [0.5, 0.6) is 0 Å². The summed E-state index contributed by atoms with van der Waals surface area (Å²) < 4.78 is 0. The zero-order valence-electron chi connectivity index (χ0n) is 11.9. The lowest BCUT2D eigenvalue weighted by molar-refractivity contribution is 0.504. The van der Waals surface area contributed by atoms with Gasteiger partial charge in [0.2, 0.25) is 0 Å². The third-order valence-electron chi connectivity index (χ3n) is 3.10. The molecule has 0 spiro atoms. The SMILES string of the molecule is C1CCC1.CCC(C)CC.CCCCC. The second-order valence-corrected chi connectivity index (χ2v) is 4.69. The lowest BCUT2D eigenvalue weighted by Gasteiger charge is -2.05. The molecule has 0 heteroatoms. The molecule has 1 fully saturated rings. The Balaban J connectivity index is 0. The molecule has 1 saturated carbocycles. The fourth-order valence-electron chi connectivity index (χ4n) is 0.892. The van der Waals surface area contributed by atoms with Crippen molar-refractivity contribution in [2.45, 2.75) is 92.4 Å². The molecule has 0 atom stereocenters. The van der Waals surface area contributed by atoms with Gasteiger partial charge >= 0.3 is 0 Å². The molecule has 0 aromatic heterocycles. The first-order chi connectivity index (χ1) is 7.22. The summed E-state index contributed by atoms with van der Waals surface area (Å²) >= 11 is 0. The van der Waals surface area contributed by atoms with Crippen LogP contribution in [0.1, 0.15) is 92.4 Å². The molecule has 1 aliphatic carbocycles. The van der Waals surface area contributed by atoms with Crippen molar-refractivity contribution in [3.63, 3.8) is 0 Å². The molecule has 0 aromatic carbocycles. The molecule has 0 nitrogen and oxygen atoms in total. The van der Waals surface area contributed by atoms with Crippen LogP contribution in [0.15, 0.2) is 0 Å². The molecule has 15 heavy (non-hydrogen) atoms. The molecule has 0 unspecified atom stereocenters. The van der Waals surface area contributed by atoms with Gasteiger partial charge in [-0.25, -0.2) is 0 Å². The van der Waals surface area contributed by atoms with Crippen molar-refractivity contribution in [3.05, 3.63) is 0 Å². The minimum Gasteiger partial charge on any atom is -0.0654 e. The summed E-state index contributed by atoms with van der Waals surface area (Å²) in [6, 6.07) is 0. The Morgan fingerprint density at radius 2 is 1.07 bits per heavy atom. The van der Waals surface area contributed by atoms with Gasteiger partial charge in [0.15, 0.2) is 0 Å². The summed E-state index contributed by atoms with van der Waals surface area (Å²) in [5.74, 6) is 0.935. The predicted octanol–water partition coefficient (Wildman–Crippen LogP) is 6.20. The number of hydrogen-bond acceptors (Lipinski definition) is 0. The number of rotatable bonds is 4. The second-order valence-electron chi connectivity index (χ2n) is 4.69. The van der Waals surface area contributed by atoms with Crippen LogP contribution >= 0.6 is 0 Å². The topological polar surface area (TPSA) is 0 Å². The summed E-state index contributed by atoms with van der Waals surface area (Å²) in [6.07, 6.45) is 12.7. The van der Waals surface area contributed by atoms with E-state index in [1.165, 1.54) is 57.8 Å². The maximum absolute atomic E-state index is 2.28. The fraction of sp³-hybridized carbons (Fsp3) is 1.00. The zero-order valence-corrected chi connectivity index (χ0v) is 11.9. The van der Waals surface area contributed by atoms with E-state index in [0.29, 0.717) is 0 Å². The van der Waals surface area contributed by atoms with Gasteiger partial charge in [0.05, 0.1) is 0 Å². The monoisotopic (exact) mass is 214 g/mol. The van der Waals surface area contributed by atoms with E-state index in [1.807, 2.05) is 0 Å². The van der Waals surface area contributed by atoms with Crippen LogP contribution in [0.25, 0.3) is 0 Å². The first-order valence-electron chi connectivity index (χ1n) is 7.22. The van der Waals surface area contributed by atoms with E-state index >= 15 is 0 Å². The number of unbranched alkanes of at least 4 members (excludes halogenated alkanes) is 2. The smallest absolute Gasteiger partial charge is 0.0448 e. The second kappa shape index (κ2) is 16.4. The van der Waals surface area contributed by atoms with E-state index in [4.69, 9.17) is 0 Å². The van der Waals surface area contributed by atoms with E-state index in [1.54, 1.807) is 0 Å². The highest BCUT2D eigenvalue weighted by Crippen LogP contribution is 2.15. The molecule has 0 saturated heterocycles. The van der Waals surface area contributed by atoms with Gasteiger partial charge in [0.25, 0.3) is 0 Å². The van der Waals surface area contributed by atoms with Crippen LogP contribution in [-0.2, 0) is 0 Å². The summed E-state index contributed by atoms with van der Waals surface area (Å²) in [4.78, 5) is 0. The lowest BCUT2D eigenvalue weighted by Crippen LogP contribution is -1.85. The van der Waals surface area contributed by atoms with Crippen LogP contribution in [0.4, 0.5) is 0 Å².